The lowest BCUT2D eigenvalue weighted by atomic mass is 9.99. The van der Waals surface area contributed by atoms with E-state index >= 15 is 0 Å². The summed E-state index contributed by atoms with van der Waals surface area (Å²) in [6, 6.07) is 12.3. The molecular formula is C16H17BrFNO. The molecule has 1 atom stereocenters. The molecule has 1 unspecified atom stereocenters. The molecule has 0 saturated heterocycles. The maximum absolute atomic E-state index is 12.9. The molecular weight excluding hydrogens is 321 g/mol. The highest BCUT2D eigenvalue weighted by Crippen LogP contribution is 2.24. The van der Waals surface area contributed by atoms with Crippen molar-refractivity contribution in [3.05, 3.63) is 63.9 Å². The summed E-state index contributed by atoms with van der Waals surface area (Å²) in [4.78, 5) is 0. The van der Waals surface area contributed by atoms with E-state index in [9.17, 15) is 4.39 Å². The van der Waals surface area contributed by atoms with E-state index < -0.39 is 0 Å². The van der Waals surface area contributed by atoms with Gasteiger partial charge >= 0.3 is 0 Å². The van der Waals surface area contributed by atoms with Crippen LogP contribution in [0.3, 0.4) is 0 Å². The number of methoxy groups -OCH3 is 1. The lowest BCUT2D eigenvalue weighted by molar-refractivity contribution is 0.407. The van der Waals surface area contributed by atoms with Crippen LogP contribution in [-0.4, -0.2) is 13.2 Å². The van der Waals surface area contributed by atoms with Gasteiger partial charge in [0.25, 0.3) is 0 Å². The number of ether oxygens (including phenoxy) is 1. The minimum Gasteiger partial charge on any atom is -0.496 e. The predicted molar refractivity (Wildman–Crippen MR) is 82.5 cm³/mol. The van der Waals surface area contributed by atoms with Crippen LogP contribution in [-0.2, 0) is 12.8 Å². The number of nitrogens with two attached hydrogens (primary N) is 1. The minimum atomic E-state index is -0.226. The number of halogens is 2. The molecule has 2 aromatic rings. The predicted octanol–water partition coefficient (Wildman–Crippen LogP) is 3.71. The molecule has 0 radical (unpaired) electrons. The van der Waals surface area contributed by atoms with Crippen molar-refractivity contribution in [1.29, 1.82) is 0 Å². The van der Waals surface area contributed by atoms with E-state index in [1.165, 1.54) is 12.1 Å². The van der Waals surface area contributed by atoms with Gasteiger partial charge in [0, 0.05) is 10.5 Å². The fourth-order valence-corrected chi connectivity index (χ4v) is 2.59. The van der Waals surface area contributed by atoms with Crippen LogP contribution in [0.25, 0.3) is 0 Å². The van der Waals surface area contributed by atoms with Gasteiger partial charge in [0.05, 0.1) is 7.11 Å². The lowest BCUT2D eigenvalue weighted by Gasteiger charge is -2.15. The van der Waals surface area contributed by atoms with Crippen molar-refractivity contribution in [2.24, 2.45) is 5.73 Å². The summed E-state index contributed by atoms with van der Waals surface area (Å²) < 4.78 is 19.2. The first-order valence-electron chi connectivity index (χ1n) is 6.41. The third-order valence-electron chi connectivity index (χ3n) is 3.14. The van der Waals surface area contributed by atoms with Gasteiger partial charge in [-0.25, -0.2) is 4.39 Å². The third kappa shape index (κ3) is 4.05. The van der Waals surface area contributed by atoms with E-state index in [-0.39, 0.29) is 11.9 Å². The quantitative estimate of drug-likeness (QED) is 0.902. The number of hydrogen-bond donors (Lipinski definition) is 1. The molecule has 0 bridgehead atoms. The second kappa shape index (κ2) is 6.86. The third-order valence-corrected chi connectivity index (χ3v) is 3.63. The molecule has 2 rings (SSSR count). The number of benzene rings is 2. The number of hydrogen-bond acceptors (Lipinski definition) is 2. The van der Waals surface area contributed by atoms with Crippen molar-refractivity contribution in [3.63, 3.8) is 0 Å². The van der Waals surface area contributed by atoms with Crippen LogP contribution in [0.15, 0.2) is 46.9 Å². The maximum Gasteiger partial charge on any atom is 0.123 e. The first kappa shape index (κ1) is 15.0. The Morgan fingerprint density at radius 1 is 1.15 bits per heavy atom. The highest BCUT2D eigenvalue weighted by atomic mass is 79.9. The van der Waals surface area contributed by atoms with Gasteiger partial charge in [-0.1, -0.05) is 28.1 Å². The molecule has 106 valence electrons. The van der Waals surface area contributed by atoms with Gasteiger partial charge in [-0.2, -0.15) is 0 Å². The van der Waals surface area contributed by atoms with E-state index in [1.807, 2.05) is 18.2 Å². The maximum atomic E-state index is 12.9. The molecule has 2 N–H and O–H groups in total. The first-order chi connectivity index (χ1) is 9.58. The first-order valence-corrected chi connectivity index (χ1v) is 7.20. The molecule has 0 aliphatic heterocycles. The van der Waals surface area contributed by atoms with Gasteiger partial charge in [0.15, 0.2) is 0 Å². The fraction of sp³-hybridized carbons (Fsp3) is 0.250. The van der Waals surface area contributed by atoms with Gasteiger partial charge in [0.2, 0.25) is 0 Å². The Morgan fingerprint density at radius 3 is 2.50 bits per heavy atom. The highest BCUT2D eigenvalue weighted by molar-refractivity contribution is 9.10. The van der Waals surface area contributed by atoms with E-state index in [0.717, 1.165) is 21.3 Å². The molecule has 4 heteroatoms. The van der Waals surface area contributed by atoms with Crippen LogP contribution in [0, 0.1) is 5.82 Å². The van der Waals surface area contributed by atoms with Gasteiger partial charge in [-0.3, -0.25) is 0 Å². The standard InChI is InChI=1S/C16H17BrFNO/c1-20-16-7-4-13(17)9-12(16)10-15(19)8-11-2-5-14(18)6-3-11/h2-7,9,15H,8,10,19H2,1H3. The van der Waals surface area contributed by atoms with Crippen molar-refractivity contribution < 1.29 is 9.13 Å². The number of rotatable bonds is 5. The molecule has 0 aromatic heterocycles. The summed E-state index contributed by atoms with van der Waals surface area (Å²) >= 11 is 3.45. The lowest BCUT2D eigenvalue weighted by Crippen LogP contribution is -2.25. The summed E-state index contributed by atoms with van der Waals surface area (Å²) in [5.74, 6) is 0.610. The van der Waals surface area contributed by atoms with Crippen LogP contribution in [0.2, 0.25) is 0 Å². The fourth-order valence-electron chi connectivity index (χ4n) is 2.18. The Kier molecular flexibility index (Phi) is 5.15. The topological polar surface area (TPSA) is 35.2 Å². The summed E-state index contributed by atoms with van der Waals surface area (Å²) in [6.07, 6.45) is 1.41. The monoisotopic (exact) mass is 337 g/mol. The molecule has 0 fully saturated rings. The molecule has 0 aliphatic rings. The zero-order valence-corrected chi connectivity index (χ0v) is 12.9. The molecule has 0 spiro atoms. The average molecular weight is 338 g/mol. The SMILES string of the molecule is COc1ccc(Br)cc1CC(N)Cc1ccc(F)cc1. The Bertz CT molecular complexity index is 571. The minimum absolute atomic E-state index is 0.0383. The zero-order valence-electron chi connectivity index (χ0n) is 11.3. The summed E-state index contributed by atoms with van der Waals surface area (Å²) in [5, 5.41) is 0. The van der Waals surface area contributed by atoms with Crippen molar-refractivity contribution >= 4 is 15.9 Å². The van der Waals surface area contributed by atoms with E-state index in [0.29, 0.717) is 12.8 Å². The second-order valence-corrected chi connectivity index (χ2v) is 5.67. The Morgan fingerprint density at radius 2 is 1.85 bits per heavy atom. The van der Waals surface area contributed by atoms with E-state index in [4.69, 9.17) is 10.5 Å². The summed E-state index contributed by atoms with van der Waals surface area (Å²) in [5.41, 5.74) is 8.29. The molecule has 0 heterocycles. The van der Waals surface area contributed by atoms with Gasteiger partial charge in [-0.15, -0.1) is 0 Å². The molecule has 0 amide bonds. The van der Waals surface area contributed by atoms with Crippen LogP contribution in [0.4, 0.5) is 4.39 Å². The second-order valence-electron chi connectivity index (χ2n) is 4.75. The average Bonchev–Trinajstić information content (AvgIpc) is 2.41. The zero-order chi connectivity index (χ0) is 14.5. The van der Waals surface area contributed by atoms with Crippen molar-refractivity contribution in [3.8, 4) is 5.75 Å². The summed E-state index contributed by atoms with van der Waals surface area (Å²) in [7, 11) is 1.65. The van der Waals surface area contributed by atoms with Crippen LogP contribution >= 0.6 is 15.9 Å². The smallest absolute Gasteiger partial charge is 0.123 e. The largest absolute Gasteiger partial charge is 0.496 e. The molecule has 2 aromatic carbocycles. The molecule has 0 saturated carbocycles. The van der Waals surface area contributed by atoms with E-state index in [1.54, 1.807) is 19.2 Å². The van der Waals surface area contributed by atoms with Gasteiger partial charge in [0.1, 0.15) is 11.6 Å². The highest BCUT2D eigenvalue weighted by Gasteiger charge is 2.10. The Hall–Kier alpha value is -1.39. The van der Waals surface area contributed by atoms with Gasteiger partial charge in [-0.05, 0) is 54.3 Å². The van der Waals surface area contributed by atoms with Gasteiger partial charge < -0.3 is 10.5 Å². The van der Waals surface area contributed by atoms with Crippen LogP contribution < -0.4 is 10.5 Å². The van der Waals surface area contributed by atoms with Crippen LogP contribution in [0.1, 0.15) is 11.1 Å². The van der Waals surface area contributed by atoms with Crippen molar-refractivity contribution in [2.45, 2.75) is 18.9 Å². The summed E-state index contributed by atoms with van der Waals surface area (Å²) in [6.45, 7) is 0. The molecule has 0 aliphatic carbocycles. The van der Waals surface area contributed by atoms with E-state index in [2.05, 4.69) is 15.9 Å². The normalized spacial score (nSPS) is 12.2. The van der Waals surface area contributed by atoms with Crippen molar-refractivity contribution in [1.82, 2.24) is 0 Å². The van der Waals surface area contributed by atoms with Crippen LogP contribution in [0.5, 0.6) is 5.75 Å². The molecule has 20 heavy (non-hydrogen) atoms. The Balaban J connectivity index is 2.05. The molecule has 2 nitrogen and oxygen atoms in total. The Labute approximate surface area is 126 Å². The van der Waals surface area contributed by atoms with Crippen molar-refractivity contribution in [2.75, 3.05) is 7.11 Å².